The van der Waals surface area contributed by atoms with Crippen LogP contribution >= 0.6 is 0 Å². The zero-order valence-electron chi connectivity index (χ0n) is 9.29. The van der Waals surface area contributed by atoms with Crippen molar-refractivity contribution >= 4 is 11.0 Å². The average Bonchev–Trinajstić information content (AvgIpc) is 2.57. The van der Waals surface area contributed by atoms with E-state index in [4.69, 9.17) is 10.2 Å². The van der Waals surface area contributed by atoms with Gasteiger partial charge in [0.05, 0.1) is 0 Å². The first-order valence-corrected chi connectivity index (χ1v) is 5.42. The molecule has 2 rings (SSSR count). The van der Waals surface area contributed by atoms with Crippen LogP contribution in [-0.4, -0.2) is 6.54 Å². The summed E-state index contributed by atoms with van der Waals surface area (Å²) in [5, 5.41) is 1.22. The van der Waals surface area contributed by atoms with E-state index in [0.29, 0.717) is 12.5 Å². The highest BCUT2D eigenvalue weighted by Crippen LogP contribution is 2.31. The maximum absolute atomic E-state index is 5.86. The van der Waals surface area contributed by atoms with Gasteiger partial charge in [0.25, 0.3) is 0 Å². The third kappa shape index (κ3) is 1.77. The summed E-state index contributed by atoms with van der Waals surface area (Å²) in [6.45, 7) is 4.99. The second kappa shape index (κ2) is 4.07. The maximum atomic E-state index is 5.86. The Morgan fingerprint density at radius 2 is 2.07 bits per heavy atom. The van der Waals surface area contributed by atoms with Gasteiger partial charge in [-0.25, -0.2) is 0 Å². The van der Waals surface area contributed by atoms with E-state index in [1.165, 1.54) is 10.9 Å². The summed E-state index contributed by atoms with van der Waals surface area (Å²) in [5.74, 6) is 1.49. The fraction of sp³-hybridized carbons (Fsp3) is 0.385. The van der Waals surface area contributed by atoms with Gasteiger partial charge in [-0.05, 0) is 31.5 Å². The topological polar surface area (TPSA) is 39.2 Å². The molecule has 2 nitrogen and oxygen atoms in total. The number of benzene rings is 1. The summed E-state index contributed by atoms with van der Waals surface area (Å²) in [6.07, 6.45) is 0.973. The van der Waals surface area contributed by atoms with Crippen molar-refractivity contribution in [3.63, 3.8) is 0 Å². The molecular weight excluding hydrogens is 186 g/mol. The van der Waals surface area contributed by atoms with E-state index >= 15 is 0 Å². The van der Waals surface area contributed by atoms with E-state index < -0.39 is 0 Å². The van der Waals surface area contributed by atoms with Crippen molar-refractivity contribution in [2.75, 3.05) is 6.54 Å². The SMILES string of the molecule is Cc1c(C(C)CCN)oc2ccccc12. The number of hydrogen-bond acceptors (Lipinski definition) is 2. The number of para-hydroxylation sites is 1. The van der Waals surface area contributed by atoms with Crippen molar-refractivity contribution < 1.29 is 4.42 Å². The molecule has 0 amide bonds. The number of rotatable bonds is 3. The predicted molar refractivity (Wildman–Crippen MR) is 63.0 cm³/mol. The van der Waals surface area contributed by atoms with Gasteiger partial charge >= 0.3 is 0 Å². The largest absolute Gasteiger partial charge is 0.461 e. The van der Waals surface area contributed by atoms with Gasteiger partial charge in [0.15, 0.2) is 0 Å². The first-order chi connectivity index (χ1) is 7.24. The molecule has 0 saturated carbocycles. The van der Waals surface area contributed by atoms with E-state index in [9.17, 15) is 0 Å². The first-order valence-electron chi connectivity index (χ1n) is 5.42. The Bertz CT molecular complexity index is 459. The molecule has 0 bridgehead atoms. The molecule has 2 N–H and O–H groups in total. The molecule has 1 unspecified atom stereocenters. The van der Waals surface area contributed by atoms with Crippen LogP contribution in [0.3, 0.4) is 0 Å². The van der Waals surface area contributed by atoms with Crippen molar-refractivity contribution in [2.24, 2.45) is 5.73 Å². The summed E-state index contributed by atoms with van der Waals surface area (Å²) in [7, 11) is 0. The summed E-state index contributed by atoms with van der Waals surface area (Å²) < 4.78 is 5.86. The van der Waals surface area contributed by atoms with Crippen LogP contribution in [0.2, 0.25) is 0 Å². The Labute approximate surface area is 90.1 Å². The van der Waals surface area contributed by atoms with E-state index in [1.54, 1.807) is 0 Å². The molecule has 80 valence electrons. The maximum Gasteiger partial charge on any atom is 0.134 e. The van der Waals surface area contributed by atoms with Crippen LogP contribution in [-0.2, 0) is 0 Å². The third-order valence-corrected chi connectivity index (χ3v) is 2.93. The van der Waals surface area contributed by atoms with Crippen molar-refractivity contribution in [3.8, 4) is 0 Å². The molecular formula is C13H17NO. The highest BCUT2D eigenvalue weighted by atomic mass is 16.3. The standard InChI is InChI=1S/C13H17NO/c1-9(7-8-14)13-10(2)11-5-3-4-6-12(11)15-13/h3-6,9H,7-8,14H2,1-2H3. The Hall–Kier alpha value is -1.28. The van der Waals surface area contributed by atoms with Crippen LogP contribution in [0.4, 0.5) is 0 Å². The Balaban J connectivity index is 2.48. The van der Waals surface area contributed by atoms with Crippen LogP contribution in [0.15, 0.2) is 28.7 Å². The highest BCUT2D eigenvalue weighted by molar-refractivity contribution is 5.82. The van der Waals surface area contributed by atoms with E-state index in [2.05, 4.69) is 19.9 Å². The molecule has 1 aromatic heterocycles. The van der Waals surface area contributed by atoms with Gasteiger partial charge in [-0.3, -0.25) is 0 Å². The number of nitrogens with two attached hydrogens (primary N) is 1. The molecule has 1 heterocycles. The fourth-order valence-corrected chi connectivity index (χ4v) is 2.04. The minimum Gasteiger partial charge on any atom is -0.461 e. The second-order valence-electron chi connectivity index (χ2n) is 4.07. The minimum atomic E-state index is 0.405. The summed E-state index contributed by atoms with van der Waals surface area (Å²) in [6, 6.07) is 8.17. The lowest BCUT2D eigenvalue weighted by Crippen LogP contribution is -2.04. The van der Waals surface area contributed by atoms with Gasteiger partial charge in [-0.1, -0.05) is 25.1 Å². The molecule has 0 saturated heterocycles. The van der Waals surface area contributed by atoms with Crippen molar-refractivity contribution in [1.29, 1.82) is 0 Å². The summed E-state index contributed by atoms with van der Waals surface area (Å²) in [4.78, 5) is 0. The van der Waals surface area contributed by atoms with Crippen LogP contribution in [0.25, 0.3) is 11.0 Å². The van der Waals surface area contributed by atoms with Crippen LogP contribution in [0.1, 0.15) is 30.6 Å². The predicted octanol–water partition coefficient (Wildman–Crippen LogP) is 3.19. The van der Waals surface area contributed by atoms with E-state index in [0.717, 1.165) is 17.8 Å². The molecule has 0 aliphatic carbocycles. The molecule has 2 aromatic rings. The highest BCUT2D eigenvalue weighted by Gasteiger charge is 2.15. The number of furan rings is 1. The first kappa shape index (κ1) is 10.2. The lowest BCUT2D eigenvalue weighted by Gasteiger charge is -2.07. The Morgan fingerprint density at radius 1 is 1.33 bits per heavy atom. The lowest BCUT2D eigenvalue weighted by atomic mass is 10.0. The van der Waals surface area contributed by atoms with Gasteiger partial charge in [0, 0.05) is 11.3 Å². The number of hydrogen-bond donors (Lipinski definition) is 1. The zero-order chi connectivity index (χ0) is 10.8. The van der Waals surface area contributed by atoms with Crippen molar-refractivity contribution in [1.82, 2.24) is 0 Å². The smallest absolute Gasteiger partial charge is 0.134 e. The molecule has 0 radical (unpaired) electrons. The molecule has 0 spiro atoms. The minimum absolute atomic E-state index is 0.405. The number of aryl methyl sites for hydroxylation is 1. The molecule has 0 fully saturated rings. The molecule has 15 heavy (non-hydrogen) atoms. The molecule has 2 heteroatoms. The monoisotopic (exact) mass is 203 g/mol. The van der Waals surface area contributed by atoms with E-state index in [-0.39, 0.29) is 0 Å². The Morgan fingerprint density at radius 3 is 2.73 bits per heavy atom. The Kier molecular flexibility index (Phi) is 2.78. The van der Waals surface area contributed by atoms with Gasteiger partial charge in [0.1, 0.15) is 11.3 Å². The fourth-order valence-electron chi connectivity index (χ4n) is 2.04. The normalized spacial score (nSPS) is 13.3. The molecule has 0 aliphatic heterocycles. The van der Waals surface area contributed by atoms with Gasteiger partial charge in [0.2, 0.25) is 0 Å². The molecule has 1 aromatic carbocycles. The molecule has 0 aliphatic rings. The molecule has 1 atom stereocenters. The van der Waals surface area contributed by atoms with Crippen LogP contribution < -0.4 is 5.73 Å². The van der Waals surface area contributed by atoms with E-state index in [1.807, 2.05) is 18.2 Å². The van der Waals surface area contributed by atoms with Crippen molar-refractivity contribution in [2.45, 2.75) is 26.2 Å². The van der Waals surface area contributed by atoms with Gasteiger partial charge < -0.3 is 10.2 Å². The van der Waals surface area contributed by atoms with Gasteiger partial charge in [-0.2, -0.15) is 0 Å². The lowest BCUT2D eigenvalue weighted by molar-refractivity contribution is 0.489. The van der Waals surface area contributed by atoms with Gasteiger partial charge in [-0.15, -0.1) is 0 Å². The number of fused-ring (bicyclic) bond motifs is 1. The van der Waals surface area contributed by atoms with Crippen LogP contribution in [0.5, 0.6) is 0 Å². The zero-order valence-corrected chi connectivity index (χ0v) is 9.29. The second-order valence-corrected chi connectivity index (χ2v) is 4.07. The van der Waals surface area contributed by atoms with Crippen molar-refractivity contribution in [3.05, 3.63) is 35.6 Å². The van der Waals surface area contributed by atoms with Crippen LogP contribution in [0, 0.1) is 6.92 Å². The summed E-state index contributed by atoms with van der Waals surface area (Å²) in [5.41, 5.74) is 7.81. The average molecular weight is 203 g/mol. The quantitative estimate of drug-likeness (QED) is 0.832. The summed E-state index contributed by atoms with van der Waals surface area (Å²) >= 11 is 0. The third-order valence-electron chi connectivity index (χ3n) is 2.93.